The number of nitrogens with one attached hydrogen (secondary N) is 2. The molecule has 0 bridgehead atoms. The molecule has 0 aromatic heterocycles. The molecule has 1 fully saturated rings. The van der Waals surface area contributed by atoms with E-state index in [0.717, 1.165) is 0 Å². The Morgan fingerprint density at radius 3 is 2.54 bits per heavy atom. The summed E-state index contributed by atoms with van der Waals surface area (Å²) in [4.78, 5) is 29.5. The van der Waals surface area contributed by atoms with E-state index in [9.17, 15) is 24.2 Å². The van der Waals surface area contributed by atoms with E-state index >= 15 is 0 Å². The van der Waals surface area contributed by atoms with E-state index in [2.05, 4.69) is 10.6 Å². The molecule has 0 unspecified atom stereocenters. The first kappa shape index (κ1) is 31.6. The Balaban J connectivity index is 0.00000420. The number of aliphatic hydroxyl groups is 2. The Kier molecular flexibility index (Phi) is 9.63. The van der Waals surface area contributed by atoms with Gasteiger partial charge in [-0.05, 0) is 53.6 Å². The molecule has 1 spiro atoms. The highest BCUT2D eigenvalue weighted by Crippen LogP contribution is 2.57. The predicted octanol–water partition coefficient (Wildman–Crippen LogP) is 4.51. The van der Waals surface area contributed by atoms with Gasteiger partial charge in [-0.3, -0.25) is 9.59 Å². The highest BCUT2D eigenvalue weighted by molar-refractivity contribution is 6.31. The maximum Gasteiger partial charge on any atom is 0.240 e. The number of aliphatic hydroxyl groups excluding tert-OH is 2. The van der Waals surface area contributed by atoms with Crippen LogP contribution in [-0.2, 0) is 15.0 Å². The van der Waals surface area contributed by atoms with Crippen molar-refractivity contribution in [1.82, 2.24) is 10.2 Å². The van der Waals surface area contributed by atoms with E-state index in [1.54, 1.807) is 25.2 Å². The van der Waals surface area contributed by atoms with Crippen LogP contribution in [0.25, 0.3) is 0 Å². The molecule has 2 amide bonds. The lowest BCUT2D eigenvalue weighted by Gasteiger charge is -2.38. The SMILES string of the molecule is CN(CC[C@H](O)CO)C(=O)[C@@H]1N[C@H](CC(C)(C)C)[C@]2(C(=O)Nc3cc(Cl)c(F)cc32)[C@H]1c1cccc(Cl)c1.Cl. The molecule has 2 heterocycles. The number of anilines is 1. The Labute approximate surface area is 244 Å². The third-order valence-corrected chi connectivity index (χ3v) is 8.08. The molecule has 0 aliphatic carbocycles. The minimum absolute atomic E-state index is 0. The number of rotatable bonds is 7. The van der Waals surface area contributed by atoms with E-state index in [-0.39, 0.29) is 47.6 Å². The maximum absolute atomic E-state index is 15.0. The number of halogens is 4. The molecule has 0 saturated carbocycles. The summed E-state index contributed by atoms with van der Waals surface area (Å²) in [6.07, 6.45) is -0.250. The molecule has 2 aromatic rings. The van der Waals surface area contributed by atoms with Gasteiger partial charge in [-0.25, -0.2) is 4.39 Å². The third-order valence-electron chi connectivity index (χ3n) is 7.56. The Bertz CT molecular complexity index is 1240. The first-order chi connectivity index (χ1) is 17.8. The first-order valence-corrected chi connectivity index (χ1v) is 13.4. The maximum atomic E-state index is 15.0. The van der Waals surface area contributed by atoms with Crippen LogP contribution in [0.15, 0.2) is 36.4 Å². The average molecular weight is 603 g/mol. The van der Waals surface area contributed by atoms with Gasteiger partial charge in [-0.1, -0.05) is 56.1 Å². The van der Waals surface area contributed by atoms with Gasteiger partial charge in [0.15, 0.2) is 0 Å². The summed E-state index contributed by atoms with van der Waals surface area (Å²) in [7, 11) is 1.62. The molecule has 0 radical (unpaired) electrons. The van der Waals surface area contributed by atoms with Crippen molar-refractivity contribution in [2.24, 2.45) is 5.41 Å². The van der Waals surface area contributed by atoms with E-state index in [1.807, 2.05) is 26.8 Å². The van der Waals surface area contributed by atoms with Crippen molar-refractivity contribution in [3.63, 3.8) is 0 Å². The molecule has 4 N–H and O–H groups in total. The first-order valence-electron chi connectivity index (χ1n) is 12.7. The van der Waals surface area contributed by atoms with Crippen molar-refractivity contribution >= 4 is 53.1 Å². The van der Waals surface area contributed by atoms with Gasteiger partial charge in [-0.2, -0.15) is 0 Å². The minimum Gasteiger partial charge on any atom is -0.394 e. The standard InChI is InChI=1S/C28H34Cl2FN3O4.ClH/c1-27(2,3)13-22-28(18-11-20(31)19(30)12-21(18)32-26(28)38)23(15-6-5-7-16(29)10-15)24(33-22)25(37)34(4)9-8-17(36)14-35;/h5-7,10-12,17,22-24,33,35-36H,8-9,13-14H2,1-4H3,(H,32,38);1H/t17-,22+,23-,24+,28-;/m0./s1. The molecule has 11 heteroatoms. The lowest BCUT2D eigenvalue weighted by molar-refractivity contribution is -0.132. The van der Waals surface area contributed by atoms with Crippen LogP contribution >= 0.6 is 35.6 Å². The fourth-order valence-corrected chi connectivity index (χ4v) is 6.26. The fourth-order valence-electron chi connectivity index (χ4n) is 5.90. The zero-order chi connectivity index (χ0) is 28.0. The third kappa shape index (κ3) is 5.92. The van der Waals surface area contributed by atoms with Crippen LogP contribution < -0.4 is 10.6 Å². The zero-order valence-electron chi connectivity index (χ0n) is 22.3. The van der Waals surface area contributed by atoms with Gasteiger partial charge in [0, 0.05) is 36.3 Å². The second-order valence-electron chi connectivity index (χ2n) is 11.5. The number of fused-ring (bicyclic) bond motifs is 2. The van der Waals surface area contributed by atoms with Crippen molar-refractivity contribution in [3.8, 4) is 0 Å². The van der Waals surface area contributed by atoms with Crippen molar-refractivity contribution in [3.05, 3.63) is 63.4 Å². The van der Waals surface area contributed by atoms with Crippen molar-refractivity contribution in [1.29, 1.82) is 0 Å². The van der Waals surface area contributed by atoms with Crippen molar-refractivity contribution < 1.29 is 24.2 Å². The quantitative estimate of drug-likeness (QED) is 0.374. The molecule has 7 nitrogen and oxygen atoms in total. The lowest BCUT2D eigenvalue weighted by Crippen LogP contribution is -2.49. The molecule has 214 valence electrons. The van der Waals surface area contributed by atoms with Crippen LogP contribution in [0.5, 0.6) is 0 Å². The molecule has 2 aliphatic heterocycles. The highest BCUT2D eigenvalue weighted by atomic mass is 35.5. The number of hydrogen-bond donors (Lipinski definition) is 4. The largest absolute Gasteiger partial charge is 0.394 e. The van der Waals surface area contributed by atoms with E-state index in [1.165, 1.54) is 17.0 Å². The normalized spacial score (nSPS) is 24.7. The predicted molar refractivity (Wildman–Crippen MR) is 153 cm³/mol. The molecule has 39 heavy (non-hydrogen) atoms. The van der Waals surface area contributed by atoms with Crippen LogP contribution in [0.3, 0.4) is 0 Å². The van der Waals surface area contributed by atoms with Gasteiger partial charge in [0.05, 0.1) is 23.8 Å². The van der Waals surface area contributed by atoms with Gasteiger partial charge in [0.2, 0.25) is 11.8 Å². The smallest absolute Gasteiger partial charge is 0.240 e. The van der Waals surface area contributed by atoms with Gasteiger partial charge in [-0.15, -0.1) is 12.4 Å². The van der Waals surface area contributed by atoms with Gasteiger partial charge in [0.25, 0.3) is 0 Å². The van der Waals surface area contributed by atoms with Crippen LogP contribution in [-0.4, -0.2) is 65.3 Å². The summed E-state index contributed by atoms with van der Waals surface area (Å²) in [5, 5.41) is 25.8. The molecular weight excluding hydrogens is 568 g/mol. The van der Waals surface area contributed by atoms with Crippen molar-refractivity contribution in [2.75, 3.05) is 25.5 Å². The molecule has 1 saturated heterocycles. The number of amides is 2. The topological polar surface area (TPSA) is 102 Å². The van der Waals surface area contributed by atoms with Crippen LogP contribution in [0.2, 0.25) is 10.0 Å². The summed E-state index contributed by atoms with van der Waals surface area (Å²) in [6.45, 7) is 5.93. The molecule has 2 aromatic carbocycles. The summed E-state index contributed by atoms with van der Waals surface area (Å²) in [5.41, 5.74) is -0.0368. The lowest BCUT2D eigenvalue weighted by atomic mass is 9.62. The summed E-state index contributed by atoms with van der Waals surface area (Å²) >= 11 is 12.5. The summed E-state index contributed by atoms with van der Waals surface area (Å²) < 4.78 is 15.0. The number of likely N-dealkylation sites (N-methyl/N-ethyl adjacent to an activating group) is 1. The molecule has 2 aliphatic rings. The Hall–Kier alpha value is -1.94. The number of carbonyl (C=O) groups is 2. The molecule has 5 atom stereocenters. The Morgan fingerprint density at radius 2 is 1.92 bits per heavy atom. The van der Waals surface area contributed by atoms with E-state index in [0.29, 0.717) is 28.3 Å². The summed E-state index contributed by atoms with van der Waals surface area (Å²) in [5.74, 6) is -2.00. The number of carbonyl (C=O) groups excluding carboxylic acids is 2. The Morgan fingerprint density at radius 1 is 1.23 bits per heavy atom. The van der Waals surface area contributed by atoms with Crippen LogP contribution in [0, 0.1) is 11.2 Å². The van der Waals surface area contributed by atoms with E-state index in [4.69, 9.17) is 23.2 Å². The fraction of sp³-hybridized carbons (Fsp3) is 0.500. The van der Waals surface area contributed by atoms with Crippen LogP contribution in [0.1, 0.15) is 50.7 Å². The highest BCUT2D eigenvalue weighted by Gasteiger charge is 2.66. The van der Waals surface area contributed by atoms with E-state index < -0.39 is 41.9 Å². The molecular formula is C28H35Cl3FN3O4. The van der Waals surface area contributed by atoms with Crippen LogP contribution in [0.4, 0.5) is 10.1 Å². The molecule has 4 rings (SSSR count). The average Bonchev–Trinajstić information content (AvgIpc) is 3.31. The van der Waals surface area contributed by atoms with Gasteiger partial charge in [0.1, 0.15) is 11.2 Å². The van der Waals surface area contributed by atoms with Gasteiger partial charge < -0.3 is 25.7 Å². The number of benzene rings is 2. The zero-order valence-corrected chi connectivity index (χ0v) is 24.6. The van der Waals surface area contributed by atoms with Gasteiger partial charge >= 0.3 is 0 Å². The second kappa shape index (κ2) is 11.9. The number of hydrogen-bond acceptors (Lipinski definition) is 5. The number of nitrogens with zero attached hydrogens (tertiary/aromatic N) is 1. The second-order valence-corrected chi connectivity index (χ2v) is 12.4. The summed E-state index contributed by atoms with van der Waals surface area (Å²) in [6, 6.07) is 8.38. The monoisotopic (exact) mass is 601 g/mol. The minimum atomic E-state index is -1.33. The van der Waals surface area contributed by atoms with Crippen molar-refractivity contribution in [2.45, 2.75) is 63.1 Å².